The van der Waals surface area contributed by atoms with E-state index in [0.29, 0.717) is 5.56 Å². The van der Waals surface area contributed by atoms with Gasteiger partial charge < -0.3 is 10.1 Å². The molecule has 3 heteroatoms. The van der Waals surface area contributed by atoms with E-state index in [0.717, 1.165) is 30.0 Å². The molecule has 2 aromatic carbocycles. The summed E-state index contributed by atoms with van der Waals surface area (Å²) in [7, 11) is 0. The minimum Gasteiger partial charge on any atom is -0.494 e. The van der Waals surface area contributed by atoms with Gasteiger partial charge in [-0.3, -0.25) is 4.79 Å². The molecule has 0 saturated carbocycles. The number of anilines is 1. The van der Waals surface area contributed by atoms with Crippen molar-refractivity contribution in [1.29, 1.82) is 0 Å². The van der Waals surface area contributed by atoms with Crippen LogP contribution in [0.5, 0.6) is 5.75 Å². The summed E-state index contributed by atoms with van der Waals surface area (Å²) in [5.74, 6) is 0.744. The number of hydrogen-bond acceptors (Lipinski definition) is 2. The van der Waals surface area contributed by atoms with Crippen LogP contribution in [0.15, 0.2) is 48.5 Å². The molecule has 0 bridgehead atoms. The Bertz CT molecular complexity index is 603. The van der Waals surface area contributed by atoms with Crippen molar-refractivity contribution in [2.75, 3.05) is 11.9 Å². The van der Waals surface area contributed by atoms with E-state index < -0.39 is 0 Å². The molecule has 0 atom stereocenters. The lowest BCUT2D eigenvalue weighted by Crippen LogP contribution is -2.11. The van der Waals surface area contributed by atoms with Gasteiger partial charge in [0, 0.05) is 11.3 Å². The zero-order valence-corrected chi connectivity index (χ0v) is 14.0. The van der Waals surface area contributed by atoms with E-state index in [1.807, 2.05) is 55.5 Å². The van der Waals surface area contributed by atoms with Crippen LogP contribution in [0.25, 0.3) is 0 Å². The summed E-state index contributed by atoms with van der Waals surface area (Å²) in [5, 5.41) is 2.89. The van der Waals surface area contributed by atoms with E-state index in [4.69, 9.17) is 4.74 Å². The smallest absolute Gasteiger partial charge is 0.255 e. The number of carbonyl (C=O) groups is 1. The summed E-state index contributed by atoms with van der Waals surface area (Å²) in [6.07, 6.45) is 4.78. The van der Waals surface area contributed by atoms with E-state index >= 15 is 0 Å². The van der Waals surface area contributed by atoms with Crippen molar-refractivity contribution in [3.05, 3.63) is 59.7 Å². The summed E-state index contributed by atoms with van der Waals surface area (Å²) in [4.78, 5) is 12.1. The molecular formula is C20H25NO2. The van der Waals surface area contributed by atoms with Gasteiger partial charge in [-0.25, -0.2) is 0 Å². The molecule has 0 radical (unpaired) electrons. The van der Waals surface area contributed by atoms with Gasteiger partial charge in [-0.15, -0.1) is 0 Å². The summed E-state index contributed by atoms with van der Waals surface area (Å²) in [5.41, 5.74) is 2.57. The van der Waals surface area contributed by atoms with Crippen LogP contribution in [0.3, 0.4) is 0 Å². The molecule has 2 rings (SSSR count). The monoisotopic (exact) mass is 311 g/mol. The lowest BCUT2D eigenvalue weighted by atomic mass is 10.1. The highest BCUT2D eigenvalue weighted by molar-refractivity contribution is 6.04. The molecule has 3 nitrogen and oxygen atoms in total. The first-order valence-electron chi connectivity index (χ1n) is 8.30. The lowest BCUT2D eigenvalue weighted by Gasteiger charge is -2.08. The second-order valence-electron chi connectivity index (χ2n) is 5.75. The van der Waals surface area contributed by atoms with Crippen molar-refractivity contribution in [2.24, 2.45) is 0 Å². The standard InChI is InChI=1S/C20H25NO2/c1-3-4-5-6-15-23-19-13-11-18(12-14-19)21-20(22)17-9-7-16(2)8-10-17/h7-14H,3-6,15H2,1-2H3,(H,21,22). The molecule has 0 heterocycles. The fraction of sp³-hybridized carbons (Fsp3) is 0.350. The number of aryl methyl sites for hydroxylation is 1. The number of unbranched alkanes of at least 4 members (excludes halogenated alkanes) is 3. The Hall–Kier alpha value is -2.29. The first kappa shape index (κ1) is 17.1. The second kappa shape index (κ2) is 8.99. The minimum atomic E-state index is -0.0989. The molecule has 0 unspecified atom stereocenters. The average Bonchev–Trinajstić information content (AvgIpc) is 2.57. The normalized spacial score (nSPS) is 10.3. The number of ether oxygens (including phenoxy) is 1. The third-order valence-electron chi connectivity index (χ3n) is 3.69. The quantitative estimate of drug-likeness (QED) is 0.680. The zero-order chi connectivity index (χ0) is 16.5. The van der Waals surface area contributed by atoms with Crippen LogP contribution in [0, 0.1) is 6.92 Å². The molecule has 0 fully saturated rings. The highest BCUT2D eigenvalue weighted by atomic mass is 16.5. The van der Waals surface area contributed by atoms with E-state index in [2.05, 4.69) is 12.2 Å². The van der Waals surface area contributed by atoms with E-state index in [1.165, 1.54) is 19.3 Å². The molecule has 0 aliphatic heterocycles. The highest BCUT2D eigenvalue weighted by Gasteiger charge is 2.05. The van der Waals surface area contributed by atoms with Crippen molar-refractivity contribution in [2.45, 2.75) is 39.5 Å². The van der Waals surface area contributed by atoms with Gasteiger partial charge in [0.1, 0.15) is 5.75 Å². The Morgan fingerprint density at radius 3 is 2.30 bits per heavy atom. The number of benzene rings is 2. The Morgan fingerprint density at radius 1 is 0.957 bits per heavy atom. The zero-order valence-electron chi connectivity index (χ0n) is 14.0. The van der Waals surface area contributed by atoms with Gasteiger partial charge >= 0.3 is 0 Å². The Labute approximate surface area is 138 Å². The SMILES string of the molecule is CCCCCCOc1ccc(NC(=O)c2ccc(C)cc2)cc1. The predicted octanol–water partition coefficient (Wildman–Crippen LogP) is 5.21. The van der Waals surface area contributed by atoms with Crippen LogP contribution in [-0.4, -0.2) is 12.5 Å². The first-order valence-corrected chi connectivity index (χ1v) is 8.30. The number of amides is 1. The molecule has 0 aliphatic rings. The number of nitrogens with one attached hydrogen (secondary N) is 1. The molecule has 0 spiro atoms. The summed E-state index contributed by atoms with van der Waals surface area (Å²) in [6, 6.07) is 15.1. The van der Waals surface area contributed by atoms with Gasteiger partial charge in [-0.2, -0.15) is 0 Å². The predicted molar refractivity (Wildman–Crippen MR) is 95.2 cm³/mol. The molecule has 1 amide bonds. The highest BCUT2D eigenvalue weighted by Crippen LogP contribution is 2.17. The van der Waals surface area contributed by atoms with Crippen LogP contribution >= 0.6 is 0 Å². The topological polar surface area (TPSA) is 38.3 Å². The van der Waals surface area contributed by atoms with Crippen LogP contribution < -0.4 is 10.1 Å². The third kappa shape index (κ3) is 5.78. The third-order valence-corrected chi connectivity index (χ3v) is 3.69. The summed E-state index contributed by atoms with van der Waals surface area (Å²) >= 11 is 0. The van der Waals surface area contributed by atoms with E-state index in [-0.39, 0.29) is 5.91 Å². The van der Waals surface area contributed by atoms with Crippen molar-refractivity contribution >= 4 is 11.6 Å². The molecule has 23 heavy (non-hydrogen) atoms. The Balaban J connectivity index is 1.82. The Morgan fingerprint density at radius 2 is 1.65 bits per heavy atom. The van der Waals surface area contributed by atoms with Gasteiger partial charge in [0.25, 0.3) is 5.91 Å². The van der Waals surface area contributed by atoms with Crippen molar-refractivity contribution in [3.63, 3.8) is 0 Å². The van der Waals surface area contributed by atoms with Crippen LogP contribution in [0.4, 0.5) is 5.69 Å². The second-order valence-corrected chi connectivity index (χ2v) is 5.75. The van der Waals surface area contributed by atoms with Crippen molar-refractivity contribution < 1.29 is 9.53 Å². The number of rotatable bonds is 8. The van der Waals surface area contributed by atoms with Crippen molar-refractivity contribution in [3.8, 4) is 5.75 Å². The maximum absolute atomic E-state index is 12.1. The summed E-state index contributed by atoms with van der Waals surface area (Å²) < 4.78 is 5.70. The van der Waals surface area contributed by atoms with Gasteiger partial charge in [-0.1, -0.05) is 43.9 Å². The fourth-order valence-electron chi connectivity index (χ4n) is 2.26. The van der Waals surface area contributed by atoms with E-state index in [9.17, 15) is 4.79 Å². The molecule has 0 saturated heterocycles. The van der Waals surface area contributed by atoms with E-state index in [1.54, 1.807) is 0 Å². The fourth-order valence-corrected chi connectivity index (χ4v) is 2.26. The molecular weight excluding hydrogens is 286 g/mol. The maximum Gasteiger partial charge on any atom is 0.255 e. The van der Waals surface area contributed by atoms with Gasteiger partial charge in [0.15, 0.2) is 0 Å². The van der Waals surface area contributed by atoms with Gasteiger partial charge in [-0.05, 0) is 49.7 Å². The lowest BCUT2D eigenvalue weighted by molar-refractivity contribution is 0.102. The molecule has 122 valence electrons. The number of hydrogen-bond donors (Lipinski definition) is 1. The maximum atomic E-state index is 12.1. The molecule has 2 aromatic rings. The van der Waals surface area contributed by atoms with Gasteiger partial charge in [0.2, 0.25) is 0 Å². The minimum absolute atomic E-state index is 0.0989. The van der Waals surface area contributed by atoms with Gasteiger partial charge in [0.05, 0.1) is 6.61 Å². The Kier molecular flexibility index (Phi) is 6.67. The van der Waals surface area contributed by atoms with Crippen LogP contribution in [-0.2, 0) is 0 Å². The average molecular weight is 311 g/mol. The number of carbonyl (C=O) groups excluding carboxylic acids is 1. The largest absolute Gasteiger partial charge is 0.494 e. The van der Waals surface area contributed by atoms with Crippen molar-refractivity contribution in [1.82, 2.24) is 0 Å². The first-order chi connectivity index (χ1) is 11.2. The van der Waals surface area contributed by atoms with Crippen LogP contribution in [0.2, 0.25) is 0 Å². The molecule has 1 N–H and O–H groups in total. The molecule has 0 aliphatic carbocycles. The van der Waals surface area contributed by atoms with Crippen LogP contribution in [0.1, 0.15) is 48.5 Å². The molecule has 0 aromatic heterocycles. The summed E-state index contributed by atoms with van der Waals surface area (Å²) in [6.45, 7) is 4.95.